The monoisotopic (exact) mass is 253 g/mol. The number of aromatic nitrogens is 2. The van der Waals surface area contributed by atoms with Gasteiger partial charge in [-0.15, -0.1) is 22.7 Å². The highest BCUT2D eigenvalue weighted by atomic mass is 32.1. The van der Waals surface area contributed by atoms with E-state index in [4.69, 9.17) is 0 Å². The third-order valence-corrected chi connectivity index (χ3v) is 4.07. The molecule has 0 aliphatic rings. The van der Waals surface area contributed by atoms with Gasteiger partial charge in [0.1, 0.15) is 0 Å². The summed E-state index contributed by atoms with van der Waals surface area (Å²) in [6, 6.07) is 0. The summed E-state index contributed by atoms with van der Waals surface area (Å²) >= 11 is 3.40. The van der Waals surface area contributed by atoms with Gasteiger partial charge in [0.05, 0.1) is 10.7 Å². The van der Waals surface area contributed by atoms with Gasteiger partial charge in [-0.1, -0.05) is 6.92 Å². The molecule has 86 valence electrons. The van der Waals surface area contributed by atoms with Gasteiger partial charge in [-0.2, -0.15) is 0 Å². The highest BCUT2D eigenvalue weighted by molar-refractivity contribution is 7.13. The van der Waals surface area contributed by atoms with E-state index in [1.165, 1.54) is 5.01 Å². The van der Waals surface area contributed by atoms with Crippen LogP contribution in [-0.4, -0.2) is 16.5 Å². The zero-order valence-electron chi connectivity index (χ0n) is 9.49. The minimum atomic E-state index is 0.906. The number of hydrogen-bond acceptors (Lipinski definition) is 5. The average molecular weight is 253 g/mol. The van der Waals surface area contributed by atoms with E-state index in [1.807, 2.05) is 6.92 Å². The summed E-state index contributed by atoms with van der Waals surface area (Å²) < 4.78 is 0. The number of nitrogens with one attached hydrogen (secondary N) is 1. The lowest BCUT2D eigenvalue weighted by molar-refractivity contribution is 0.976. The van der Waals surface area contributed by atoms with Crippen molar-refractivity contribution in [2.45, 2.75) is 26.7 Å². The van der Waals surface area contributed by atoms with Crippen molar-refractivity contribution >= 4 is 27.8 Å². The van der Waals surface area contributed by atoms with Crippen molar-refractivity contribution in [1.82, 2.24) is 9.97 Å². The molecule has 0 aliphatic heterocycles. The number of nitrogens with zero attached hydrogens (tertiary/aromatic N) is 2. The SMILES string of the molecule is CCc1csc(NCCc2nc(C)cs2)n1. The molecule has 16 heavy (non-hydrogen) atoms. The molecule has 2 heterocycles. The molecule has 0 aromatic carbocycles. The Morgan fingerprint density at radius 3 is 2.75 bits per heavy atom. The molecule has 0 bridgehead atoms. The lowest BCUT2D eigenvalue weighted by Crippen LogP contribution is -2.04. The van der Waals surface area contributed by atoms with Gasteiger partial charge in [-0.05, 0) is 13.3 Å². The predicted molar refractivity (Wildman–Crippen MR) is 70.5 cm³/mol. The summed E-state index contributed by atoms with van der Waals surface area (Å²) in [5.41, 5.74) is 2.28. The Balaban J connectivity index is 1.79. The fraction of sp³-hybridized carbons (Fsp3) is 0.455. The van der Waals surface area contributed by atoms with Crippen molar-refractivity contribution in [3.63, 3.8) is 0 Å². The first-order valence-corrected chi connectivity index (χ1v) is 7.13. The molecule has 0 radical (unpaired) electrons. The zero-order chi connectivity index (χ0) is 11.4. The van der Waals surface area contributed by atoms with Crippen molar-refractivity contribution in [1.29, 1.82) is 0 Å². The first-order valence-electron chi connectivity index (χ1n) is 5.37. The Bertz CT molecular complexity index is 448. The molecule has 1 N–H and O–H groups in total. The molecule has 5 heteroatoms. The third-order valence-electron chi connectivity index (χ3n) is 2.20. The number of rotatable bonds is 5. The topological polar surface area (TPSA) is 37.8 Å². The second-order valence-corrected chi connectivity index (χ2v) is 5.36. The summed E-state index contributed by atoms with van der Waals surface area (Å²) in [4.78, 5) is 8.88. The molecule has 2 aromatic heterocycles. The van der Waals surface area contributed by atoms with E-state index in [0.29, 0.717) is 0 Å². The van der Waals surface area contributed by atoms with Crippen molar-refractivity contribution in [2.75, 3.05) is 11.9 Å². The Morgan fingerprint density at radius 1 is 1.25 bits per heavy atom. The van der Waals surface area contributed by atoms with Gasteiger partial charge in [-0.25, -0.2) is 9.97 Å². The first kappa shape index (κ1) is 11.5. The quantitative estimate of drug-likeness (QED) is 0.889. The molecule has 3 nitrogen and oxygen atoms in total. The summed E-state index contributed by atoms with van der Waals surface area (Å²) in [6.45, 7) is 5.06. The fourth-order valence-electron chi connectivity index (χ4n) is 1.34. The van der Waals surface area contributed by atoms with Crippen LogP contribution in [0, 0.1) is 6.92 Å². The van der Waals surface area contributed by atoms with Crippen LogP contribution >= 0.6 is 22.7 Å². The largest absolute Gasteiger partial charge is 0.361 e. The van der Waals surface area contributed by atoms with Crippen LogP contribution in [0.1, 0.15) is 23.3 Å². The molecule has 0 fully saturated rings. The van der Waals surface area contributed by atoms with Gasteiger partial charge in [-0.3, -0.25) is 0 Å². The molecule has 0 amide bonds. The molecule has 0 saturated heterocycles. The summed E-state index contributed by atoms with van der Waals surface area (Å²) in [6.07, 6.45) is 1.98. The molecule has 2 aromatic rings. The standard InChI is InChI=1S/C11H15N3S2/c1-3-9-7-16-11(14-9)12-5-4-10-13-8(2)6-15-10/h6-7H,3-5H2,1-2H3,(H,12,14). The van der Waals surface area contributed by atoms with Gasteiger partial charge in [0.15, 0.2) is 5.13 Å². The van der Waals surface area contributed by atoms with Crippen LogP contribution in [-0.2, 0) is 12.8 Å². The Hall–Kier alpha value is -0.940. The molecule has 0 unspecified atom stereocenters. The number of thiazole rings is 2. The van der Waals surface area contributed by atoms with Crippen LogP contribution in [0.5, 0.6) is 0 Å². The third kappa shape index (κ3) is 3.02. The summed E-state index contributed by atoms with van der Waals surface area (Å²) in [5.74, 6) is 0. The van der Waals surface area contributed by atoms with Crippen molar-refractivity contribution in [2.24, 2.45) is 0 Å². The van der Waals surface area contributed by atoms with Crippen LogP contribution in [0.2, 0.25) is 0 Å². The minimum absolute atomic E-state index is 0.906. The van der Waals surface area contributed by atoms with E-state index in [-0.39, 0.29) is 0 Å². The van der Waals surface area contributed by atoms with E-state index >= 15 is 0 Å². The minimum Gasteiger partial charge on any atom is -0.361 e. The maximum atomic E-state index is 4.46. The van der Waals surface area contributed by atoms with Gasteiger partial charge < -0.3 is 5.32 Å². The summed E-state index contributed by atoms with van der Waals surface area (Å²) in [7, 11) is 0. The average Bonchev–Trinajstić information content (AvgIpc) is 2.88. The van der Waals surface area contributed by atoms with Crippen molar-refractivity contribution < 1.29 is 0 Å². The van der Waals surface area contributed by atoms with E-state index in [0.717, 1.165) is 35.9 Å². The second-order valence-electron chi connectivity index (χ2n) is 3.56. The van der Waals surface area contributed by atoms with Crippen molar-refractivity contribution in [3.05, 3.63) is 27.2 Å². The van der Waals surface area contributed by atoms with Crippen LogP contribution < -0.4 is 5.32 Å². The fourth-order valence-corrected chi connectivity index (χ4v) is 2.94. The molecule has 2 rings (SSSR count). The maximum absolute atomic E-state index is 4.46. The Morgan fingerprint density at radius 2 is 2.12 bits per heavy atom. The predicted octanol–water partition coefficient (Wildman–Crippen LogP) is 3.13. The molecule has 0 saturated carbocycles. The van der Waals surface area contributed by atoms with E-state index in [2.05, 4.69) is 33.0 Å². The van der Waals surface area contributed by atoms with Crippen molar-refractivity contribution in [3.8, 4) is 0 Å². The zero-order valence-corrected chi connectivity index (χ0v) is 11.1. The number of anilines is 1. The van der Waals surface area contributed by atoms with Gasteiger partial charge in [0.25, 0.3) is 0 Å². The summed E-state index contributed by atoms with van der Waals surface area (Å²) in [5, 5.41) is 9.74. The van der Waals surface area contributed by atoms with Gasteiger partial charge >= 0.3 is 0 Å². The molecule has 0 atom stereocenters. The van der Waals surface area contributed by atoms with Gasteiger partial charge in [0.2, 0.25) is 0 Å². The smallest absolute Gasteiger partial charge is 0.182 e. The number of aryl methyl sites for hydroxylation is 2. The normalized spacial score (nSPS) is 10.6. The lowest BCUT2D eigenvalue weighted by Gasteiger charge is -1.99. The first-order chi connectivity index (χ1) is 7.78. The molecule has 0 spiro atoms. The van der Waals surface area contributed by atoms with Gasteiger partial charge in [0, 0.05) is 29.4 Å². The Kier molecular flexibility index (Phi) is 3.90. The Labute approximate surface area is 104 Å². The van der Waals surface area contributed by atoms with Crippen LogP contribution in [0.4, 0.5) is 5.13 Å². The van der Waals surface area contributed by atoms with E-state index in [9.17, 15) is 0 Å². The molecule has 0 aliphatic carbocycles. The molecular formula is C11H15N3S2. The van der Waals surface area contributed by atoms with Crippen LogP contribution in [0.25, 0.3) is 0 Å². The molecular weight excluding hydrogens is 238 g/mol. The highest BCUT2D eigenvalue weighted by Gasteiger charge is 2.01. The second kappa shape index (κ2) is 5.41. The lowest BCUT2D eigenvalue weighted by atomic mass is 10.4. The van der Waals surface area contributed by atoms with E-state index in [1.54, 1.807) is 22.7 Å². The van der Waals surface area contributed by atoms with E-state index < -0.39 is 0 Å². The maximum Gasteiger partial charge on any atom is 0.182 e. The number of hydrogen-bond donors (Lipinski definition) is 1. The van der Waals surface area contributed by atoms with Crippen LogP contribution in [0.15, 0.2) is 10.8 Å². The van der Waals surface area contributed by atoms with Crippen LogP contribution in [0.3, 0.4) is 0 Å². The highest BCUT2D eigenvalue weighted by Crippen LogP contribution is 2.16.